The number of carbonyl (C=O) groups excluding carboxylic acids is 1. The Morgan fingerprint density at radius 2 is 2.16 bits per heavy atom. The first kappa shape index (κ1) is 18.1. The fourth-order valence-electron chi connectivity index (χ4n) is 2.28. The third-order valence-corrected chi connectivity index (χ3v) is 3.47. The maximum absolute atomic E-state index is 12.3. The molecule has 3 N–H and O–H groups in total. The zero-order valence-corrected chi connectivity index (χ0v) is 14.5. The Morgan fingerprint density at radius 1 is 1.40 bits per heavy atom. The highest BCUT2D eigenvalue weighted by atomic mass is 16.5. The lowest BCUT2D eigenvalue weighted by atomic mass is 10.1. The molecule has 0 spiro atoms. The maximum atomic E-state index is 12.3. The number of nitrogens with one attached hydrogen (secondary N) is 1. The Kier molecular flexibility index (Phi) is 5.79. The van der Waals surface area contributed by atoms with Gasteiger partial charge in [-0.1, -0.05) is 12.1 Å². The van der Waals surface area contributed by atoms with Gasteiger partial charge in [-0.2, -0.15) is 10.2 Å². The number of amides is 1. The van der Waals surface area contributed by atoms with Gasteiger partial charge >= 0.3 is 0 Å². The Bertz CT molecular complexity index is 812. The van der Waals surface area contributed by atoms with Gasteiger partial charge in [-0.05, 0) is 24.6 Å². The monoisotopic (exact) mass is 339 g/mol. The molecule has 0 atom stereocenters. The van der Waals surface area contributed by atoms with Gasteiger partial charge in [0.2, 0.25) is 11.8 Å². The van der Waals surface area contributed by atoms with Crippen LogP contribution in [0.1, 0.15) is 18.1 Å². The van der Waals surface area contributed by atoms with E-state index in [0.717, 1.165) is 11.3 Å². The predicted molar refractivity (Wildman–Crippen MR) is 97.6 cm³/mol. The molecule has 1 aromatic carbocycles. The van der Waals surface area contributed by atoms with Gasteiger partial charge in [0.1, 0.15) is 17.5 Å². The minimum atomic E-state index is -0.227. The average Bonchev–Trinajstić information content (AvgIpc) is 2.55. The number of pyridine rings is 1. The fraction of sp³-hybridized carbons (Fsp3) is 0.278. The van der Waals surface area contributed by atoms with Crippen molar-refractivity contribution < 1.29 is 9.53 Å². The number of anilines is 3. The fourth-order valence-corrected chi connectivity index (χ4v) is 2.28. The molecule has 7 nitrogen and oxygen atoms in total. The molecule has 0 aliphatic rings. The SMILES string of the molecule is CCOc1nc(NC(=O)Cc2cccc(N(C)C)c2)cc(N)c1C#N. The quantitative estimate of drug-likeness (QED) is 0.836. The van der Waals surface area contributed by atoms with Crippen LogP contribution in [0.3, 0.4) is 0 Å². The van der Waals surface area contributed by atoms with E-state index in [0.29, 0.717) is 6.61 Å². The van der Waals surface area contributed by atoms with Crippen LogP contribution in [0.4, 0.5) is 17.2 Å². The van der Waals surface area contributed by atoms with E-state index in [9.17, 15) is 4.79 Å². The summed E-state index contributed by atoms with van der Waals surface area (Å²) >= 11 is 0. The van der Waals surface area contributed by atoms with Crippen molar-refractivity contribution in [1.29, 1.82) is 5.26 Å². The molecule has 1 aromatic heterocycles. The predicted octanol–water partition coefficient (Wildman–Crippen LogP) is 2.18. The molecule has 0 unspecified atom stereocenters. The molecule has 0 aliphatic carbocycles. The Morgan fingerprint density at radius 3 is 2.80 bits per heavy atom. The number of nitrogen functional groups attached to an aromatic ring is 1. The van der Waals surface area contributed by atoms with Crippen LogP contribution >= 0.6 is 0 Å². The number of ether oxygens (including phenoxy) is 1. The van der Waals surface area contributed by atoms with E-state index < -0.39 is 0 Å². The van der Waals surface area contributed by atoms with Gasteiger partial charge in [-0.15, -0.1) is 0 Å². The summed E-state index contributed by atoms with van der Waals surface area (Å²) < 4.78 is 5.32. The van der Waals surface area contributed by atoms with Gasteiger partial charge in [-0.25, -0.2) is 0 Å². The summed E-state index contributed by atoms with van der Waals surface area (Å²) in [6, 6.07) is 11.1. The molecule has 1 heterocycles. The van der Waals surface area contributed by atoms with Crippen LogP contribution in [0.15, 0.2) is 30.3 Å². The third kappa shape index (κ3) is 4.61. The molecule has 1 amide bonds. The number of nitrogens with two attached hydrogens (primary N) is 1. The summed E-state index contributed by atoms with van der Waals surface area (Å²) in [7, 11) is 3.88. The number of rotatable bonds is 6. The van der Waals surface area contributed by atoms with Crippen molar-refractivity contribution in [3.8, 4) is 11.9 Å². The average molecular weight is 339 g/mol. The number of benzene rings is 1. The molecule has 7 heteroatoms. The molecule has 0 fully saturated rings. The molecular weight excluding hydrogens is 318 g/mol. The molecule has 2 aromatic rings. The molecule has 0 saturated heterocycles. The molecule has 0 radical (unpaired) electrons. The molecule has 130 valence electrons. The van der Waals surface area contributed by atoms with Crippen molar-refractivity contribution in [2.75, 3.05) is 36.7 Å². The Hall–Kier alpha value is -3.27. The summed E-state index contributed by atoms with van der Waals surface area (Å²) in [6.45, 7) is 2.12. The minimum Gasteiger partial charge on any atom is -0.477 e. The van der Waals surface area contributed by atoms with Gasteiger partial charge in [0.25, 0.3) is 0 Å². The first-order chi connectivity index (χ1) is 11.9. The smallest absolute Gasteiger partial charge is 0.235 e. The van der Waals surface area contributed by atoms with Crippen LogP contribution in [0.25, 0.3) is 0 Å². The van der Waals surface area contributed by atoms with Crippen LogP contribution in [-0.2, 0) is 11.2 Å². The van der Waals surface area contributed by atoms with Crippen LogP contribution < -0.4 is 20.7 Å². The molecule has 0 aliphatic heterocycles. The highest BCUT2D eigenvalue weighted by Crippen LogP contribution is 2.25. The van der Waals surface area contributed by atoms with E-state index in [4.69, 9.17) is 15.7 Å². The molecule has 0 bridgehead atoms. The van der Waals surface area contributed by atoms with E-state index >= 15 is 0 Å². The zero-order valence-electron chi connectivity index (χ0n) is 14.5. The third-order valence-electron chi connectivity index (χ3n) is 3.47. The standard InChI is InChI=1S/C18H21N5O2/c1-4-25-18-14(11-19)15(20)10-16(22-18)21-17(24)9-12-6-5-7-13(8-12)23(2)3/h5-8,10H,4,9H2,1-3H3,(H3,20,21,22,24). The number of carbonyl (C=O) groups is 1. The summed E-state index contributed by atoms with van der Waals surface area (Å²) in [4.78, 5) is 18.4. The van der Waals surface area contributed by atoms with Crippen molar-refractivity contribution in [2.45, 2.75) is 13.3 Å². The van der Waals surface area contributed by atoms with E-state index in [1.54, 1.807) is 6.92 Å². The van der Waals surface area contributed by atoms with E-state index in [2.05, 4.69) is 10.3 Å². The van der Waals surface area contributed by atoms with Crippen molar-refractivity contribution in [3.05, 3.63) is 41.5 Å². The number of hydrogen-bond donors (Lipinski definition) is 2. The molecule has 2 rings (SSSR count). The van der Waals surface area contributed by atoms with Crippen LogP contribution in [-0.4, -0.2) is 31.6 Å². The Labute approximate surface area is 147 Å². The minimum absolute atomic E-state index is 0.120. The lowest BCUT2D eigenvalue weighted by molar-refractivity contribution is -0.115. The first-order valence-corrected chi connectivity index (χ1v) is 7.84. The summed E-state index contributed by atoms with van der Waals surface area (Å²) in [6.07, 6.45) is 0.202. The number of nitriles is 1. The topological polar surface area (TPSA) is 104 Å². The lowest BCUT2D eigenvalue weighted by Crippen LogP contribution is -2.17. The number of aromatic nitrogens is 1. The normalized spacial score (nSPS) is 10.0. The van der Waals surface area contributed by atoms with Gasteiger partial charge in [0, 0.05) is 25.8 Å². The number of nitrogens with zero attached hydrogens (tertiary/aromatic N) is 3. The molecular formula is C18H21N5O2. The molecule has 25 heavy (non-hydrogen) atoms. The van der Waals surface area contributed by atoms with E-state index in [-0.39, 0.29) is 35.3 Å². The van der Waals surface area contributed by atoms with Gasteiger partial charge in [0.15, 0.2) is 0 Å². The van der Waals surface area contributed by atoms with E-state index in [1.165, 1.54) is 6.07 Å². The highest BCUT2D eigenvalue weighted by molar-refractivity contribution is 5.92. The summed E-state index contributed by atoms with van der Waals surface area (Å²) in [5.74, 6) is 0.151. The van der Waals surface area contributed by atoms with Crippen LogP contribution in [0, 0.1) is 11.3 Å². The maximum Gasteiger partial charge on any atom is 0.235 e. The second-order valence-corrected chi connectivity index (χ2v) is 5.61. The second kappa shape index (κ2) is 8.02. The first-order valence-electron chi connectivity index (χ1n) is 7.84. The van der Waals surface area contributed by atoms with Gasteiger partial charge in [0.05, 0.1) is 18.7 Å². The largest absolute Gasteiger partial charge is 0.477 e. The lowest BCUT2D eigenvalue weighted by Gasteiger charge is -2.14. The number of hydrogen-bond acceptors (Lipinski definition) is 6. The zero-order chi connectivity index (χ0) is 18.4. The highest BCUT2D eigenvalue weighted by Gasteiger charge is 2.13. The van der Waals surface area contributed by atoms with Crippen molar-refractivity contribution >= 4 is 23.1 Å². The van der Waals surface area contributed by atoms with Crippen molar-refractivity contribution in [1.82, 2.24) is 4.98 Å². The van der Waals surface area contributed by atoms with Crippen LogP contribution in [0.2, 0.25) is 0 Å². The Balaban J connectivity index is 2.15. The molecule has 0 saturated carbocycles. The summed E-state index contributed by atoms with van der Waals surface area (Å²) in [5.41, 5.74) is 8.13. The van der Waals surface area contributed by atoms with Crippen LogP contribution in [0.5, 0.6) is 5.88 Å². The van der Waals surface area contributed by atoms with Crippen molar-refractivity contribution in [3.63, 3.8) is 0 Å². The van der Waals surface area contributed by atoms with Gasteiger partial charge < -0.3 is 20.7 Å². The van der Waals surface area contributed by atoms with Gasteiger partial charge in [-0.3, -0.25) is 4.79 Å². The summed E-state index contributed by atoms with van der Waals surface area (Å²) in [5, 5.41) is 11.8. The van der Waals surface area contributed by atoms with Crippen molar-refractivity contribution in [2.24, 2.45) is 0 Å². The van der Waals surface area contributed by atoms with E-state index in [1.807, 2.05) is 49.3 Å². The second-order valence-electron chi connectivity index (χ2n) is 5.61.